The van der Waals surface area contributed by atoms with E-state index in [4.69, 9.17) is 4.98 Å². The number of aromatic amines is 1. The molecule has 3 aromatic rings. The summed E-state index contributed by atoms with van der Waals surface area (Å²) in [5, 5.41) is 16.0. The second kappa shape index (κ2) is 5.08. The van der Waals surface area contributed by atoms with Crippen LogP contribution in [0.1, 0.15) is 36.5 Å². The van der Waals surface area contributed by atoms with Crippen LogP contribution in [0.2, 0.25) is 0 Å². The van der Waals surface area contributed by atoms with Gasteiger partial charge in [0.1, 0.15) is 5.82 Å². The van der Waals surface area contributed by atoms with Gasteiger partial charge in [0, 0.05) is 36.6 Å². The quantitative estimate of drug-likeness (QED) is 0.801. The van der Waals surface area contributed by atoms with Gasteiger partial charge in [-0.1, -0.05) is 0 Å². The van der Waals surface area contributed by atoms with Crippen LogP contribution in [0, 0.1) is 6.92 Å². The van der Waals surface area contributed by atoms with Gasteiger partial charge in [0.2, 0.25) is 0 Å². The Balaban J connectivity index is 1.70. The van der Waals surface area contributed by atoms with Crippen molar-refractivity contribution < 1.29 is 0 Å². The number of nitrogens with zero attached hydrogens (tertiary/aromatic N) is 6. The van der Waals surface area contributed by atoms with Crippen LogP contribution in [-0.2, 0) is 19.5 Å². The molecule has 1 N–H and O–H groups in total. The van der Waals surface area contributed by atoms with E-state index < -0.39 is 0 Å². The molecule has 1 unspecified atom stereocenters. The Morgan fingerprint density at radius 2 is 2.32 bits per heavy atom. The number of aryl methyl sites for hydroxylation is 3. The summed E-state index contributed by atoms with van der Waals surface area (Å²) in [5.74, 6) is 2.24. The van der Waals surface area contributed by atoms with Gasteiger partial charge >= 0.3 is 0 Å². The molecule has 4 heterocycles. The predicted octanol–water partition coefficient (Wildman–Crippen LogP) is 1.92. The fraction of sp³-hybridized carbons (Fsp3) is 0.467. The zero-order chi connectivity index (χ0) is 15.1. The van der Waals surface area contributed by atoms with Crippen molar-refractivity contribution in [3.63, 3.8) is 0 Å². The van der Waals surface area contributed by atoms with Gasteiger partial charge in [-0.3, -0.25) is 9.78 Å². The maximum absolute atomic E-state index is 4.83. The number of H-pyrrole nitrogens is 1. The lowest BCUT2D eigenvalue weighted by Crippen LogP contribution is -2.21. The van der Waals surface area contributed by atoms with E-state index in [1.54, 1.807) is 6.20 Å². The first-order valence-electron chi connectivity index (χ1n) is 7.72. The Morgan fingerprint density at radius 3 is 3.09 bits per heavy atom. The molecule has 1 atom stereocenters. The standard InChI is InChI=1S/C15H19N7/c1-3-21-15(11-5-7-22-12(8-11)4-6-17-22)18-14(20-21)13-9-16-19-10(13)2/h4,6,9,11H,3,5,7-8H2,1-2H3,(H,16,19). The molecule has 0 bridgehead atoms. The molecule has 7 heteroatoms. The van der Waals surface area contributed by atoms with Gasteiger partial charge in [-0.2, -0.15) is 15.3 Å². The SMILES string of the molecule is CCn1nc(-c2cn[nH]c2C)nc1C1CCn2nccc2C1. The molecule has 0 spiro atoms. The van der Waals surface area contributed by atoms with Crippen LogP contribution < -0.4 is 0 Å². The Kier molecular flexibility index (Phi) is 3.06. The number of hydrogen-bond acceptors (Lipinski definition) is 4. The van der Waals surface area contributed by atoms with E-state index in [9.17, 15) is 0 Å². The van der Waals surface area contributed by atoms with Crippen molar-refractivity contribution in [2.45, 2.75) is 45.7 Å². The van der Waals surface area contributed by atoms with Crippen LogP contribution in [-0.4, -0.2) is 34.7 Å². The van der Waals surface area contributed by atoms with Gasteiger partial charge in [0.05, 0.1) is 11.8 Å². The van der Waals surface area contributed by atoms with Gasteiger partial charge in [-0.05, 0) is 32.8 Å². The van der Waals surface area contributed by atoms with Crippen molar-refractivity contribution >= 4 is 0 Å². The smallest absolute Gasteiger partial charge is 0.184 e. The highest BCUT2D eigenvalue weighted by Crippen LogP contribution is 2.29. The summed E-state index contributed by atoms with van der Waals surface area (Å²) in [6, 6.07) is 2.10. The van der Waals surface area contributed by atoms with Crippen molar-refractivity contribution in [1.82, 2.24) is 34.7 Å². The molecule has 22 heavy (non-hydrogen) atoms. The van der Waals surface area contributed by atoms with Crippen LogP contribution in [0.4, 0.5) is 0 Å². The fourth-order valence-corrected chi connectivity index (χ4v) is 3.17. The normalized spacial score (nSPS) is 17.6. The summed E-state index contributed by atoms with van der Waals surface area (Å²) in [4.78, 5) is 4.83. The zero-order valence-electron chi connectivity index (χ0n) is 12.8. The van der Waals surface area contributed by atoms with E-state index in [1.807, 2.05) is 17.8 Å². The molecular weight excluding hydrogens is 278 g/mol. The lowest BCUT2D eigenvalue weighted by molar-refractivity contribution is 0.412. The van der Waals surface area contributed by atoms with Gasteiger partial charge in [-0.15, -0.1) is 0 Å². The van der Waals surface area contributed by atoms with Gasteiger partial charge in [0.25, 0.3) is 0 Å². The van der Waals surface area contributed by atoms with Crippen LogP contribution in [0.15, 0.2) is 18.5 Å². The first-order valence-corrected chi connectivity index (χ1v) is 7.72. The molecule has 3 aromatic heterocycles. The van der Waals surface area contributed by atoms with E-state index in [0.29, 0.717) is 5.92 Å². The highest BCUT2D eigenvalue weighted by Gasteiger charge is 2.26. The molecule has 0 fully saturated rings. The monoisotopic (exact) mass is 297 g/mol. The molecule has 7 nitrogen and oxygen atoms in total. The molecule has 0 aromatic carbocycles. The van der Waals surface area contributed by atoms with Crippen molar-refractivity contribution in [3.05, 3.63) is 35.7 Å². The molecule has 1 aliphatic rings. The molecule has 0 aliphatic carbocycles. The summed E-state index contributed by atoms with van der Waals surface area (Å²) >= 11 is 0. The van der Waals surface area contributed by atoms with Crippen molar-refractivity contribution in [2.75, 3.05) is 0 Å². The molecular formula is C15H19N7. The number of nitrogens with one attached hydrogen (secondary N) is 1. The maximum Gasteiger partial charge on any atom is 0.184 e. The van der Waals surface area contributed by atoms with Gasteiger partial charge in [0.15, 0.2) is 5.82 Å². The van der Waals surface area contributed by atoms with Crippen LogP contribution >= 0.6 is 0 Å². The minimum atomic E-state index is 0.401. The van der Waals surface area contributed by atoms with Gasteiger partial charge in [-0.25, -0.2) is 9.67 Å². The molecule has 0 amide bonds. The molecule has 114 valence electrons. The van der Waals surface area contributed by atoms with Crippen molar-refractivity contribution in [2.24, 2.45) is 0 Å². The first kappa shape index (κ1) is 13.2. The van der Waals surface area contributed by atoms with E-state index in [1.165, 1.54) is 5.69 Å². The minimum absolute atomic E-state index is 0.401. The minimum Gasteiger partial charge on any atom is -0.282 e. The van der Waals surface area contributed by atoms with Gasteiger partial charge < -0.3 is 0 Å². The Bertz CT molecular complexity index is 795. The highest BCUT2D eigenvalue weighted by molar-refractivity contribution is 5.56. The summed E-state index contributed by atoms with van der Waals surface area (Å²) in [5.41, 5.74) is 3.26. The molecule has 0 saturated carbocycles. The third kappa shape index (κ3) is 2.04. The predicted molar refractivity (Wildman–Crippen MR) is 81.3 cm³/mol. The third-order valence-corrected chi connectivity index (χ3v) is 4.39. The lowest BCUT2D eigenvalue weighted by Gasteiger charge is -2.22. The van der Waals surface area contributed by atoms with Crippen LogP contribution in [0.5, 0.6) is 0 Å². The largest absolute Gasteiger partial charge is 0.282 e. The first-order chi connectivity index (χ1) is 10.8. The summed E-state index contributed by atoms with van der Waals surface area (Å²) in [6.45, 7) is 5.88. The molecule has 0 saturated heterocycles. The number of rotatable bonds is 3. The van der Waals surface area contributed by atoms with E-state index >= 15 is 0 Å². The summed E-state index contributed by atoms with van der Waals surface area (Å²) in [6.07, 6.45) is 5.70. The molecule has 0 radical (unpaired) electrons. The Hall–Kier alpha value is -2.44. The second-order valence-electron chi connectivity index (χ2n) is 5.75. The Morgan fingerprint density at radius 1 is 1.41 bits per heavy atom. The molecule has 1 aliphatic heterocycles. The average molecular weight is 297 g/mol. The van der Waals surface area contributed by atoms with Crippen molar-refractivity contribution in [3.8, 4) is 11.4 Å². The van der Waals surface area contributed by atoms with E-state index in [2.05, 4.69) is 38.1 Å². The van der Waals surface area contributed by atoms with E-state index in [-0.39, 0.29) is 0 Å². The van der Waals surface area contributed by atoms with Crippen LogP contribution in [0.25, 0.3) is 11.4 Å². The number of fused-ring (bicyclic) bond motifs is 1. The third-order valence-electron chi connectivity index (χ3n) is 4.39. The Labute approximate surface area is 128 Å². The average Bonchev–Trinajstić information content (AvgIpc) is 3.24. The highest BCUT2D eigenvalue weighted by atomic mass is 15.4. The van der Waals surface area contributed by atoms with Crippen molar-refractivity contribution in [1.29, 1.82) is 0 Å². The van der Waals surface area contributed by atoms with E-state index in [0.717, 1.165) is 48.8 Å². The van der Waals surface area contributed by atoms with Crippen LogP contribution in [0.3, 0.4) is 0 Å². The molecule has 4 rings (SSSR count). The number of aromatic nitrogens is 7. The fourth-order valence-electron chi connectivity index (χ4n) is 3.17. The maximum atomic E-state index is 4.83. The summed E-state index contributed by atoms with van der Waals surface area (Å²) < 4.78 is 4.11. The number of hydrogen-bond donors (Lipinski definition) is 1. The summed E-state index contributed by atoms with van der Waals surface area (Å²) in [7, 11) is 0. The lowest BCUT2D eigenvalue weighted by atomic mass is 9.95. The topological polar surface area (TPSA) is 77.2 Å². The second-order valence-corrected chi connectivity index (χ2v) is 5.75. The zero-order valence-corrected chi connectivity index (χ0v) is 12.8.